The van der Waals surface area contributed by atoms with Crippen LogP contribution in [0.2, 0.25) is 0 Å². The predicted octanol–water partition coefficient (Wildman–Crippen LogP) is 0.792. The summed E-state index contributed by atoms with van der Waals surface area (Å²) in [5, 5.41) is 8.80. The Morgan fingerprint density at radius 2 is 1.82 bits per heavy atom. The van der Waals surface area contributed by atoms with Crippen LogP contribution in [0.15, 0.2) is 18.2 Å². The van der Waals surface area contributed by atoms with Crippen molar-refractivity contribution in [3.05, 3.63) is 18.2 Å². The summed E-state index contributed by atoms with van der Waals surface area (Å²) in [6.45, 7) is 0.352. The first-order valence-electron chi connectivity index (χ1n) is 5.43. The molecular formula is C12H19NO4. The van der Waals surface area contributed by atoms with Gasteiger partial charge in [0.15, 0.2) is 11.5 Å². The molecule has 0 aliphatic carbocycles. The number of nitrogens with two attached hydrogens (primary N) is 1. The van der Waals surface area contributed by atoms with Gasteiger partial charge in [-0.2, -0.15) is 0 Å². The normalized spacial score (nSPS) is 12.0. The average molecular weight is 241 g/mol. The lowest BCUT2D eigenvalue weighted by Gasteiger charge is -2.15. The van der Waals surface area contributed by atoms with E-state index in [0.717, 1.165) is 0 Å². The molecule has 0 amide bonds. The van der Waals surface area contributed by atoms with E-state index in [1.807, 2.05) is 6.07 Å². The van der Waals surface area contributed by atoms with Gasteiger partial charge in [-0.15, -0.1) is 0 Å². The summed E-state index contributed by atoms with van der Waals surface area (Å²) in [4.78, 5) is 0. The monoisotopic (exact) mass is 241 g/mol. The van der Waals surface area contributed by atoms with Gasteiger partial charge in [0.25, 0.3) is 0 Å². The zero-order valence-corrected chi connectivity index (χ0v) is 10.2. The fourth-order valence-corrected chi connectivity index (χ4v) is 1.36. The molecule has 1 atom stereocenters. The highest BCUT2D eigenvalue weighted by atomic mass is 16.5. The Hall–Kier alpha value is -1.46. The summed E-state index contributed by atoms with van der Waals surface area (Å²) in [5.41, 5.74) is 5.59. The lowest BCUT2D eigenvalue weighted by molar-refractivity contribution is 0.222. The van der Waals surface area contributed by atoms with Crippen LogP contribution in [-0.4, -0.2) is 38.6 Å². The molecule has 0 aromatic heterocycles. The maximum Gasteiger partial charge on any atom is 0.203 e. The molecule has 0 aliphatic heterocycles. The van der Waals surface area contributed by atoms with Crippen molar-refractivity contribution in [3.63, 3.8) is 0 Å². The van der Waals surface area contributed by atoms with E-state index < -0.39 is 0 Å². The maximum atomic E-state index is 8.80. The third-order valence-corrected chi connectivity index (χ3v) is 2.35. The van der Waals surface area contributed by atoms with Gasteiger partial charge in [-0.3, -0.25) is 0 Å². The van der Waals surface area contributed by atoms with Crippen molar-refractivity contribution in [2.45, 2.75) is 12.5 Å². The summed E-state index contributed by atoms with van der Waals surface area (Å²) in [6, 6.07) is 5.15. The van der Waals surface area contributed by atoms with Gasteiger partial charge >= 0.3 is 0 Å². The largest absolute Gasteiger partial charge is 0.493 e. The molecule has 0 fully saturated rings. The average Bonchev–Trinajstić information content (AvgIpc) is 2.38. The highest BCUT2D eigenvalue weighted by molar-refractivity contribution is 5.51. The molecular weight excluding hydrogens is 222 g/mol. The van der Waals surface area contributed by atoms with E-state index in [0.29, 0.717) is 30.3 Å². The second kappa shape index (κ2) is 6.98. The van der Waals surface area contributed by atoms with Gasteiger partial charge < -0.3 is 25.1 Å². The van der Waals surface area contributed by atoms with Gasteiger partial charge in [-0.1, -0.05) is 6.07 Å². The SMILES string of the molecule is COc1cccc(OC)c1OCCC(N)CO. The molecule has 5 heteroatoms. The van der Waals surface area contributed by atoms with Crippen LogP contribution in [0.4, 0.5) is 0 Å². The number of para-hydroxylation sites is 1. The van der Waals surface area contributed by atoms with Crippen molar-refractivity contribution in [2.24, 2.45) is 5.73 Å². The van der Waals surface area contributed by atoms with Gasteiger partial charge in [-0.25, -0.2) is 0 Å². The number of rotatable bonds is 7. The van der Waals surface area contributed by atoms with Gasteiger partial charge in [0.05, 0.1) is 27.4 Å². The molecule has 5 nitrogen and oxygen atoms in total. The van der Waals surface area contributed by atoms with Crippen LogP contribution in [0.1, 0.15) is 6.42 Å². The van der Waals surface area contributed by atoms with Gasteiger partial charge in [0.2, 0.25) is 5.75 Å². The van der Waals surface area contributed by atoms with E-state index in [9.17, 15) is 0 Å². The molecule has 1 rings (SSSR count). The zero-order valence-electron chi connectivity index (χ0n) is 10.2. The Morgan fingerprint density at radius 3 is 2.29 bits per heavy atom. The third-order valence-electron chi connectivity index (χ3n) is 2.35. The van der Waals surface area contributed by atoms with Crippen molar-refractivity contribution >= 4 is 0 Å². The van der Waals surface area contributed by atoms with Crippen molar-refractivity contribution in [1.82, 2.24) is 0 Å². The second-order valence-electron chi connectivity index (χ2n) is 3.57. The number of methoxy groups -OCH3 is 2. The molecule has 17 heavy (non-hydrogen) atoms. The fraction of sp³-hybridized carbons (Fsp3) is 0.500. The van der Waals surface area contributed by atoms with Crippen molar-refractivity contribution in [3.8, 4) is 17.2 Å². The van der Waals surface area contributed by atoms with Crippen LogP contribution >= 0.6 is 0 Å². The second-order valence-corrected chi connectivity index (χ2v) is 3.57. The van der Waals surface area contributed by atoms with Crippen LogP contribution in [0, 0.1) is 0 Å². The molecule has 0 saturated carbocycles. The summed E-state index contributed by atoms with van der Waals surface area (Å²) in [7, 11) is 3.14. The Kier molecular flexibility index (Phi) is 5.59. The molecule has 3 N–H and O–H groups in total. The number of aliphatic hydroxyl groups excluding tert-OH is 1. The van der Waals surface area contributed by atoms with E-state index in [-0.39, 0.29) is 12.6 Å². The molecule has 1 aromatic carbocycles. The maximum absolute atomic E-state index is 8.80. The first-order chi connectivity index (χ1) is 8.22. The zero-order chi connectivity index (χ0) is 12.7. The van der Waals surface area contributed by atoms with E-state index in [2.05, 4.69) is 0 Å². The first kappa shape index (κ1) is 13.6. The van der Waals surface area contributed by atoms with E-state index in [1.54, 1.807) is 26.4 Å². The minimum absolute atomic E-state index is 0.0492. The number of ether oxygens (including phenoxy) is 3. The van der Waals surface area contributed by atoms with E-state index in [4.69, 9.17) is 25.1 Å². The molecule has 0 spiro atoms. The molecule has 0 bridgehead atoms. The smallest absolute Gasteiger partial charge is 0.203 e. The molecule has 0 radical (unpaired) electrons. The van der Waals surface area contributed by atoms with E-state index >= 15 is 0 Å². The topological polar surface area (TPSA) is 73.9 Å². The van der Waals surface area contributed by atoms with Crippen molar-refractivity contribution in [1.29, 1.82) is 0 Å². The third kappa shape index (κ3) is 3.80. The molecule has 1 unspecified atom stereocenters. The quantitative estimate of drug-likeness (QED) is 0.738. The highest BCUT2D eigenvalue weighted by Gasteiger charge is 2.11. The number of hydrogen-bond acceptors (Lipinski definition) is 5. The Bertz CT molecular complexity index is 321. The van der Waals surface area contributed by atoms with Crippen LogP contribution < -0.4 is 19.9 Å². The summed E-state index contributed by atoms with van der Waals surface area (Å²) in [6.07, 6.45) is 0.567. The van der Waals surface area contributed by atoms with Crippen LogP contribution in [-0.2, 0) is 0 Å². The van der Waals surface area contributed by atoms with Crippen molar-refractivity contribution in [2.75, 3.05) is 27.4 Å². The molecule has 0 heterocycles. The highest BCUT2D eigenvalue weighted by Crippen LogP contribution is 2.36. The Labute approximate surface area is 101 Å². The number of aliphatic hydroxyl groups is 1. The summed E-state index contributed by atoms with van der Waals surface area (Å²) in [5.74, 6) is 1.78. The lowest BCUT2D eigenvalue weighted by Crippen LogP contribution is -2.26. The predicted molar refractivity (Wildman–Crippen MR) is 64.7 cm³/mol. The standard InChI is InChI=1S/C12H19NO4/c1-15-10-4-3-5-11(16-2)12(10)17-7-6-9(13)8-14/h3-5,9,14H,6-8,13H2,1-2H3. The number of hydrogen-bond donors (Lipinski definition) is 2. The summed E-state index contributed by atoms with van der Waals surface area (Å²) >= 11 is 0. The number of benzene rings is 1. The Balaban J connectivity index is 2.67. The van der Waals surface area contributed by atoms with Crippen LogP contribution in [0.3, 0.4) is 0 Å². The minimum Gasteiger partial charge on any atom is -0.493 e. The molecule has 1 aromatic rings. The molecule has 0 aliphatic rings. The van der Waals surface area contributed by atoms with Gasteiger partial charge in [0.1, 0.15) is 0 Å². The molecule has 0 saturated heterocycles. The van der Waals surface area contributed by atoms with E-state index in [1.165, 1.54) is 0 Å². The summed E-state index contributed by atoms with van der Waals surface area (Å²) < 4.78 is 16.0. The Morgan fingerprint density at radius 1 is 1.24 bits per heavy atom. The van der Waals surface area contributed by atoms with Gasteiger partial charge in [-0.05, 0) is 18.6 Å². The van der Waals surface area contributed by atoms with Crippen LogP contribution in [0.25, 0.3) is 0 Å². The van der Waals surface area contributed by atoms with Gasteiger partial charge in [0, 0.05) is 6.04 Å². The first-order valence-corrected chi connectivity index (χ1v) is 5.43. The lowest BCUT2D eigenvalue weighted by atomic mass is 10.2. The van der Waals surface area contributed by atoms with Crippen molar-refractivity contribution < 1.29 is 19.3 Å². The minimum atomic E-state index is -0.268. The fourth-order valence-electron chi connectivity index (χ4n) is 1.36. The molecule has 96 valence electrons. The van der Waals surface area contributed by atoms with Crippen LogP contribution in [0.5, 0.6) is 17.2 Å².